The molecule has 3 radical (unpaired) electrons. The van der Waals surface area contributed by atoms with Crippen LogP contribution in [-0.2, 0) is 60.3 Å². The molecule has 0 unspecified atom stereocenters. The van der Waals surface area contributed by atoms with E-state index in [0.717, 1.165) is 140 Å². The van der Waals surface area contributed by atoms with E-state index < -0.39 is 0 Å². The zero-order valence-corrected chi connectivity index (χ0v) is 75.1. The van der Waals surface area contributed by atoms with Gasteiger partial charge in [-0.05, 0) is 223 Å². The van der Waals surface area contributed by atoms with E-state index in [1.54, 1.807) is 6.20 Å². The van der Waals surface area contributed by atoms with E-state index in [-0.39, 0.29) is 71.9 Å². The number of para-hydroxylation sites is 1. The summed E-state index contributed by atoms with van der Waals surface area (Å²) < 4.78 is 0. The van der Waals surface area contributed by atoms with Gasteiger partial charge in [-0.25, -0.2) is 0 Å². The molecule has 0 atom stereocenters. The Morgan fingerprint density at radius 3 is 0.952 bits per heavy atom. The van der Waals surface area contributed by atoms with Gasteiger partial charge in [-0.3, -0.25) is 9.59 Å². The monoisotopic (exact) mass is 2130 g/mol. The first-order chi connectivity index (χ1) is 59.6. The van der Waals surface area contributed by atoms with Crippen LogP contribution in [0.5, 0.6) is 0 Å². The summed E-state index contributed by atoms with van der Waals surface area (Å²) in [5.74, 6) is -0.00942. The molecule has 3 heterocycles. The molecule has 0 fully saturated rings. The van der Waals surface area contributed by atoms with E-state index in [4.69, 9.17) is 0 Å². The second-order valence-corrected chi connectivity index (χ2v) is 29.7. The first-order valence-electron chi connectivity index (χ1n) is 40.5. The Morgan fingerprint density at radius 1 is 0.234 bits per heavy atom. The molecule has 19 rings (SSSR count). The number of anilines is 3. The Bertz CT molecular complexity index is 6630. The Hall–Kier alpha value is -13.9. The largest absolute Gasteiger partial charge is 0.310 e. The third-order valence-corrected chi connectivity index (χ3v) is 21.4. The number of rotatable bonds is 19. The molecule has 0 N–H and O–H groups in total. The number of ketones is 2. The molecule has 603 valence electrons. The minimum absolute atomic E-state index is 0. The van der Waals surface area contributed by atoms with E-state index in [1.165, 1.54) is 22.3 Å². The summed E-state index contributed by atoms with van der Waals surface area (Å²) in [6.07, 6.45) is 5.49. The number of carbonyl (C=O) groups is 2. The number of nitrogens with zero attached hydrogens (tertiary/aromatic N) is 4. The molecule has 9 heteroatoms. The molecule has 0 bridgehead atoms. The Labute approximate surface area is 766 Å². The number of aromatic nitrogens is 3. The first kappa shape index (κ1) is 86.4. The topological polar surface area (TPSA) is 76.1 Å². The summed E-state index contributed by atoms with van der Waals surface area (Å²) in [5.41, 5.74) is 33.0. The average molecular weight is 2130 g/mol. The van der Waals surface area contributed by atoms with Gasteiger partial charge in [0, 0.05) is 118 Å². The van der Waals surface area contributed by atoms with Gasteiger partial charge in [-0.15, -0.1) is 106 Å². The number of hydrogen-bond acceptors (Lipinski definition) is 6. The van der Waals surface area contributed by atoms with E-state index in [2.05, 4.69) is 275 Å². The second-order valence-electron chi connectivity index (χ2n) is 29.7. The number of carbonyl (C=O) groups excluding carboxylic acids is 2. The van der Waals surface area contributed by atoms with Crippen LogP contribution in [0.15, 0.2) is 455 Å². The van der Waals surface area contributed by atoms with E-state index in [0.29, 0.717) is 22.3 Å². The van der Waals surface area contributed by atoms with Crippen molar-refractivity contribution in [3.63, 3.8) is 0 Å². The van der Waals surface area contributed by atoms with Crippen LogP contribution >= 0.6 is 0 Å². The Kier molecular flexibility index (Phi) is 29.0. The molecule has 19 aromatic rings. The van der Waals surface area contributed by atoms with Gasteiger partial charge in [-0.2, -0.15) is 0 Å². The fourth-order valence-electron chi connectivity index (χ4n) is 15.2. The maximum Gasteiger partial charge on any atom is 0.193 e. The van der Waals surface area contributed by atoms with Crippen molar-refractivity contribution in [1.29, 1.82) is 0 Å². The molecule has 3 aromatic heterocycles. The van der Waals surface area contributed by atoms with Gasteiger partial charge in [-0.1, -0.05) is 285 Å². The second kappa shape index (κ2) is 41.6. The Morgan fingerprint density at radius 2 is 0.556 bits per heavy atom. The molecule has 6 nitrogen and oxygen atoms in total. The van der Waals surface area contributed by atoms with Gasteiger partial charge in [0.05, 0.1) is 0 Å². The molecule has 0 saturated heterocycles. The molecule has 16 aromatic carbocycles. The molecule has 124 heavy (non-hydrogen) atoms. The van der Waals surface area contributed by atoms with Crippen molar-refractivity contribution in [3.8, 4) is 134 Å². The third kappa shape index (κ3) is 21.0. The van der Waals surface area contributed by atoms with Crippen molar-refractivity contribution in [2.75, 3.05) is 4.90 Å². The van der Waals surface area contributed by atoms with Crippen molar-refractivity contribution in [2.24, 2.45) is 0 Å². The number of benzene rings is 16. The minimum atomic E-state index is -0.00488. The predicted octanol–water partition coefficient (Wildman–Crippen LogP) is 29.2. The van der Waals surface area contributed by atoms with Crippen molar-refractivity contribution in [3.05, 3.63) is 507 Å². The molecule has 0 amide bonds. The number of hydrogen-bond donors (Lipinski definition) is 0. The van der Waals surface area contributed by atoms with E-state index >= 15 is 0 Å². The molecular weight excluding hydrogens is 2050 g/mol. The van der Waals surface area contributed by atoms with Gasteiger partial charge < -0.3 is 19.9 Å². The van der Waals surface area contributed by atoms with Crippen LogP contribution < -0.4 is 4.90 Å². The average Bonchev–Trinajstić information content (AvgIpc) is 0.784. The maximum absolute atomic E-state index is 13.9. The minimum Gasteiger partial charge on any atom is -0.310 e. The van der Waals surface area contributed by atoms with Gasteiger partial charge in [0.1, 0.15) is 0 Å². The van der Waals surface area contributed by atoms with Gasteiger partial charge in [0.25, 0.3) is 0 Å². The first-order valence-corrected chi connectivity index (χ1v) is 40.5. The van der Waals surface area contributed by atoms with Crippen molar-refractivity contribution in [2.45, 2.75) is 13.8 Å². The van der Waals surface area contributed by atoms with Gasteiger partial charge in [0.15, 0.2) is 11.6 Å². The van der Waals surface area contributed by atoms with Crippen molar-refractivity contribution >= 4 is 28.6 Å². The summed E-state index contributed by atoms with van der Waals surface area (Å²) in [5, 5.41) is 0. The summed E-state index contributed by atoms with van der Waals surface area (Å²) in [6, 6.07) is 158. The van der Waals surface area contributed by atoms with Crippen molar-refractivity contribution < 1.29 is 69.9 Å². The number of pyridine rings is 3. The standard InChI is InChI=1S/C41H29N2.2C37H26NO.3Ir/c1-4-14-31(15-5-1)36-27-37(32-16-6-2-7-17-32)30-40(29-36)43(38-21-8-3-9-22-38)39-23-13-19-34(28-39)33-18-12-20-35(26-33)41-24-10-11-25-42-41;1-26-11-10-20-38-36(26)31-18-8-16-29(21-31)30-17-9-19-32(22-30)37(39)35-24-33(27-12-4-2-5-13-27)23-34(25-35)28-14-6-3-7-15-28;1-26-18-19-36(38-25-26)31-16-8-14-29(20-31)30-15-9-17-32(21-30)37(39)35-23-33(27-10-4-2-5-11-27)22-34(24-35)28-12-6-3-7-13-28;;;/h1-19,21-30H;2-17,19-25H,1H3;2-15,17-25H,1H3;;;/q3*-1;;;. The number of aryl methyl sites for hydroxylation is 2. The summed E-state index contributed by atoms with van der Waals surface area (Å²) in [7, 11) is 0. The fourth-order valence-corrected chi connectivity index (χ4v) is 15.2. The third-order valence-electron chi connectivity index (χ3n) is 21.4. The van der Waals surface area contributed by atoms with Crippen LogP contribution in [0.4, 0.5) is 17.1 Å². The predicted molar refractivity (Wildman–Crippen MR) is 498 cm³/mol. The van der Waals surface area contributed by atoms with E-state index in [9.17, 15) is 9.59 Å². The zero-order chi connectivity index (χ0) is 82.1. The Balaban J connectivity index is 0.000000150. The van der Waals surface area contributed by atoms with Gasteiger partial charge in [0.2, 0.25) is 0 Å². The van der Waals surface area contributed by atoms with Crippen LogP contribution in [0.3, 0.4) is 0 Å². The SMILES string of the molecule is Cc1ccc(-c2[c-]ccc(-c3cccc(C(=O)c4cc(-c5ccccc5)cc(-c5ccccc5)c4)c3)c2)nc1.Cc1cccnc1-c1[c-]ccc(-c2cccc(C(=O)c3cc(-c4ccccc4)cc(-c4ccccc4)c3)c2)c1.[Ir].[Ir].[Ir].[c-]1ccc(-c2cccc(N(c3ccccc3)c3cc(-c4ccccc4)cc(-c4ccccc4)c3)c2)cc1-c1ccccn1. The zero-order valence-electron chi connectivity index (χ0n) is 67.9. The summed E-state index contributed by atoms with van der Waals surface area (Å²) in [6.45, 7) is 4.08. The van der Waals surface area contributed by atoms with Crippen LogP contribution in [-0.4, -0.2) is 26.5 Å². The van der Waals surface area contributed by atoms with Gasteiger partial charge >= 0.3 is 0 Å². The molecule has 0 aliphatic rings. The van der Waals surface area contributed by atoms with Crippen LogP contribution in [0.2, 0.25) is 0 Å². The molecule has 0 saturated carbocycles. The normalized spacial score (nSPS) is 10.5. The molecule has 0 aliphatic heterocycles. The van der Waals surface area contributed by atoms with Crippen LogP contribution in [0.25, 0.3) is 134 Å². The maximum atomic E-state index is 13.9. The van der Waals surface area contributed by atoms with E-state index in [1.807, 2.05) is 226 Å². The van der Waals surface area contributed by atoms with Crippen LogP contribution in [0, 0.1) is 32.0 Å². The van der Waals surface area contributed by atoms with Crippen molar-refractivity contribution in [1.82, 2.24) is 15.0 Å². The van der Waals surface area contributed by atoms with Crippen LogP contribution in [0.1, 0.15) is 43.0 Å². The fraction of sp³-hybridized carbons (Fsp3) is 0.0174. The summed E-state index contributed by atoms with van der Waals surface area (Å²) in [4.78, 5) is 43.8. The quantitative estimate of drug-likeness (QED) is 0.0593. The smallest absolute Gasteiger partial charge is 0.193 e. The molecule has 0 aliphatic carbocycles. The summed E-state index contributed by atoms with van der Waals surface area (Å²) >= 11 is 0. The molecular formula is C115H81Ir3N4O2-3. The molecule has 0 spiro atoms.